The van der Waals surface area contributed by atoms with E-state index in [-0.39, 0.29) is 6.61 Å². The number of anilines is 1. The molecular formula is C25H50N2O5. The third-order valence-electron chi connectivity index (χ3n) is 4.45. The van der Waals surface area contributed by atoms with Gasteiger partial charge in [-0.15, -0.1) is 0 Å². The molecule has 0 unspecified atom stereocenters. The van der Waals surface area contributed by atoms with E-state index < -0.39 is 0 Å². The number of aliphatic hydroxyl groups excluding tert-OH is 2. The van der Waals surface area contributed by atoms with Crippen molar-refractivity contribution in [3.63, 3.8) is 0 Å². The lowest BCUT2D eigenvalue weighted by molar-refractivity contribution is -0.0980. The maximum Gasteiger partial charge on any atom is 0.184 e. The van der Waals surface area contributed by atoms with E-state index in [4.69, 9.17) is 30.2 Å². The number of ether oxygens (including phenoxy) is 2. The summed E-state index contributed by atoms with van der Waals surface area (Å²) in [4.78, 5) is 8.00. The number of aliphatic hydroxyl groups is 2. The molecule has 0 aliphatic heterocycles. The van der Waals surface area contributed by atoms with Crippen LogP contribution >= 0.6 is 0 Å². The molecule has 7 nitrogen and oxygen atoms in total. The van der Waals surface area contributed by atoms with E-state index in [1.54, 1.807) is 7.11 Å². The first-order valence-corrected chi connectivity index (χ1v) is 11.9. The maximum absolute atomic E-state index is 8.81. The van der Waals surface area contributed by atoms with Gasteiger partial charge in [-0.2, -0.15) is 0 Å². The number of hydrogen-bond donors (Lipinski definition) is 4. The zero-order chi connectivity index (χ0) is 25.0. The maximum atomic E-state index is 8.81. The van der Waals surface area contributed by atoms with Gasteiger partial charge in [0.15, 0.2) is 11.5 Å². The van der Waals surface area contributed by atoms with Crippen LogP contribution in [0.2, 0.25) is 0 Å². The second-order valence-electron chi connectivity index (χ2n) is 6.79. The first-order valence-electron chi connectivity index (χ1n) is 11.9. The standard InChI is InChI=1S/C21H38N2O3.C2H6.CH4O.CH2O/c1-3-4-5-6-7-8-9-10-14-26-21-19(22)15-18(16-20(21)25-2)17-23-12-11-13-24;3*1-2/h15-16,23-24H,3-14,17,22H2,1-2H3;1-2H3;2H,1H3;1H2. The summed E-state index contributed by atoms with van der Waals surface area (Å²) in [5, 5.41) is 19.1. The van der Waals surface area contributed by atoms with Gasteiger partial charge in [-0.05, 0) is 37.1 Å². The van der Waals surface area contributed by atoms with Crippen LogP contribution in [0.15, 0.2) is 12.1 Å². The average Bonchev–Trinajstić information content (AvgIpc) is 2.85. The number of nitrogens with one attached hydrogen (secondary N) is 1. The highest BCUT2D eigenvalue weighted by Crippen LogP contribution is 2.35. The molecule has 0 bridgehead atoms. The van der Waals surface area contributed by atoms with Gasteiger partial charge < -0.3 is 35.5 Å². The van der Waals surface area contributed by atoms with Crippen LogP contribution in [0.5, 0.6) is 11.5 Å². The fraction of sp³-hybridized carbons (Fsp3) is 0.720. The molecule has 0 fully saturated rings. The van der Waals surface area contributed by atoms with Crippen LogP contribution in [0.3, 0.4) is 0 Å². The molecule has 5 N–H and O–H groups in total. The molecule has 0 aliphatic rings. The molecule has 190 valence electrons. The van der Waals surface area contributed by atoms with Gasteiger partial charge in [-0.25, -0.2) is 0 Å². The van der Waals surface area contributed by atoms with E-state index in [1.165, 1.54) is 44.9 Å². The van der Waals surface area contributed by atoms with E-state index in [2.05, 4.69) is 12.2 Å². The van der Waals surface area contributed by atoms with Gasteiger partial charge in [-0.1, -0.05) is 65.7 Å². The van der Waals surface area contributed by atoms with E-state index >= 15 is 0 Å². The molecule has 1 aromatic rings. The van der Waals surface area contributed by atoms with E-state index in [0.29, 0.717) is 30.3 Å². The van der Waals surface area contributed by atoms with Gasteiger partial charge in [0.2, 0.25) is 0 Å². The van der Waals surface area contributed by atoms with E-state index in [1.807, 2.05) is 32.8 Å². The predicted molar refractivity (Wildman–Crippen MR) is 136 cm³/mol. The molecule has 0 atom stereocenters. The summed E-state index contributed by atoms with van der Waals surface area (Å²) >= 11 is 0. The summed E-state index contributed by atoms with van der Waals surface area (Å²) in [7, 11) is 2.64. The Kier molecular flexibility index (Phi) is 31.7. The van der Waals surface area contributed by atoms with Gasteiger partial charge in [-0.3, -0.25) is 0 Å². The largest absolute Gasteiger partial charge is 0.493 e. The van der Waals surface area contributed by atoms with Crippen molar-refractivity contribution in [3.8, 4) is 11.5 Å². The van der Waals surface area contributed by atoms with Crippen LogP contribution < -0.4 is 20.5 Å². The Labute approximate surface area is 196 Å². The summed E-state index contributed by atoms with van der Waals surface area (Å²) in [5.41, 5.74) is 7.83. The minimum Gasteiger partial charge on any atom is -0.493 e. The normalized spacial score (nSPS) is 9.34. The van der Waals surface area contributed by atoms with Crippen molar-refractivity contribution < 1.29 is 24.5 Å². The molecule has 32 heavy (non-hydrogen) atoms. The van der Waals surface area contributed by atoms with Crippen molar-refractivity contribution in [3.05, 3.63) is 17.7 Å². The van der Waals surface area contributed by atoms with Crippen LogP contribution in [0, 0.1) is 0 Å². The summed E-state index contributed by atoms with van der Waals surface area (Å²) in [6.45, 7) is 10.6. The molecule has 7 heteroatoms. The molecule has 1 aromatic carbocycles. The number of nitrogen functional groups attached to an aromatic ring is 1. The van der Waals surface area contributed by atoms with Crippen molar-refractivity contribution in [2.75, 3.05) is 39.7 Å². The molecule has 1 rings (SSSR count). The Morgan fingerprint density at radius 1 is 0.969 bits per heavy atom. The molecule has 0 aliphatic carbocycles. The van der Waals surface area contributed by atoms with Crippen LogP contribution in [0.4, 0.5) is 5.69 Å². The van der Waals surface area contributed by atoms with Gasteiger partial charge in [0, 0.05) is 20.3 Å². The average molecular weight is 459 g/mol. The first kappa shape index (κ1) is 34.8. The SMILES string of the molecule is C=O.CC.CCCCCCCCCCOc1c(N)cc(CNCCCO)cc1OC.CO. The highest BCUT2D eigenvalue weighted by atomic mass is 16.5. The van der Waals surface area contributed by atoms with Crippen molar-refractivity contribution in [1.82, 2.24) is 5.32 Å². The van der Waals surface area contributed by atoms with Crippen molar-refractivity contribution in [1.29, 1.82) is 0 Å². The number of nitrogens with two attached hydrogens (primary N) is 1. The van der Waals surface area contributed by atoms with Crippen molar-refractivity contribution >= 4 is 12.5 Å². The quantitative estimate of drug-likeness (QED) is 0.209. The number of hydrogen-bond acceptors (Lipinski definition) is 7. The molecule has 0 saturated carbocycles. The van der Waals surface area contributed by atoms with Gasteiger partial charge >= 0.3 is 0 Å². The van der Waals surface area contributed by atoms with Gasteiger partial charge in [0.1, 0.15) is 6.79 Å². The third-order valence-corrected chi connectivity index (χ3v) is 4.45. The Bertz CT molecular complexity index is 501. The minimum absolute atomic E-state index is 0.198. The lowest BCUT2D eigenvalue weighted by Gasteiger charge is -2.15. The predicted octanol–water partition coefficient (Wildman–Crippen LogP) is 4.72. The van der Waals surface area contributed by atoms with Crippen molar-refractivity contribution in [2.45, 2.75) is 85.1 Å². The first-order chi connectivity index (χ1) is 15.7. The zero-order valence-corrected chi connectivity index (χ0v) is 21.3. The summed E-state index contributed by atoms with van der Waals surface area (Å²) < 4.78 is 11.4. The number of carbonyl (C=O) groups excluding carboxylic acids is 1. The highest BCUT2D eigenvalue weighted by molar-refractivity contribution is 5.62. The molecule has 0 spiro atoms. The van der Waals surface area contributed by atoms with Crippen LogP contribution in [-0.4, -0.2) is 51.0 Å². The van der Waals surface area contributed by atoms with E-state index in [9.17, 15) is 0 Å². The third kappa shape index (κ3) is 18.9. The van der Waals surface area contributed by atoms with Crippen LogP contribution in [-0.2, 0) is 11.3 Å². The fourth-order valence-electron chi connectivity index (χ4n) is 2.94. The smallest absolute Gasteiger partial charge is 0.184 e. The number of unbranched alkanes of at least 4 members (excludes halogenated alkanes) is 7. The van der Waals surface area contributed by atoms with Gasteiger partial charge in [0.25, 0.3) is 0 Å². The minimum atomic E-state index is 0.198. The Morgan fingerprint density at radius 2 is 1.53 bits per heavy atom. The second kappa shape index (κ2) is 29.2. The second-order valence-corrected chi connectivity index (χ2v) is 6.79. The number of benzene rings is 1. The molecule has 0 amide bonds. The summed E-state index contributed by atoms with van der Waals surface area (Å²) in [5.74, 6) is 1.33. The van der Waals surface area contributed by atoms with Crippen LogP contribution in [0.25, 0.3) is 0 Å². The summed E-state index contributed by atoms with van der Waals surface area (Å²) in [6, 6.07) is 3.89. The number of methoxy groups -OCH3 is 1. The fourth-order valence-corrected chi connectivity index (χ4v) is 2.94. The lowest BCUT2D eigenvalue weighted by Crippen LogP contribution is -2.16. The molecule has 0 radical (unpaired) electrons. The monoisotopic (exact) mass is 458 g/mol. The topological polar surface area (TPSA) is 114 Å². The Balaban J connectivity index is -0.00000129. The number of carbonyl (C=O) groups is 1. The Hall–Kier alpha value is -1.83. The molecule has 0 aromatic heterocycles. The molecule has 0 saturated heterocycles. The number of rotatable bonds is 16. The lowest BCUT2D eigenvalue weighted by atomic mass is 10.1. The summed E-state index contributed by atoms with van der Waals surface area (Å²) in [6.07, 6.45) is 10.9. The molecule has 0 heterocycles. The van der Waals surface area contributed by atoms with E-state index in [0.717, 1.165) is 32.1 Å². The van der Waals surface area contributed by atoms with Crippen LogP contribution in [0.1, 0.15) is 84.1 Å². The Morgan fingerprint density at radius 3 is 2.06 bits per heavy atom. The molecular weight excluding hydrogens is 408 g/mol. The van der Waals surface area contributed by atoms with Crippen molar-refractivity contribution in [2.24, 2.45) is 0 Å². The van der Waals surface area contributed by atoms with Gasteiger partial charge in [0.05, 0.1) is 19.4 Å². The zero-order valence-electron chi connectivity index (χ0n) is 21.3. The highest BCUT2D eigenvalue weighted by Gasteiger charge is 2.11.